The van der Waals surface area contributed by atoms with Crippen LogP contribution in [0.15, 0.2) is 78.5 Å². The monoisotopic (exact) mass is 616 g/mol. The zero-order chi connectivity index (χ0) is 32.0. The van der Waals surface area contributed by atoms with Crippen LogP contribution in [0.25, 0.3) is 0 Å². The number of hydrogen-bond acceptors (Lipinski definition) is 3. The predicted molar refractivity (Wildman–Crippen MR) is 152 cm³/mol. The quantitative estimate of drug-likeness (QED) is 0.154. The Morgan fingerprint density at radius 3 is 1.90 bits per heavy atom. The molecular weight excluding hydrogens is 585 g/mol. The fraction of sp³-hybridized carbons (Fsp3) is 0.333. The Kier molecular flexibility index (Phi) is 11.2. The maximum atomic E-state index is 14.7. The third-order valence-electron chi connectivity index (χ3n) is 6.47. The standard InChI is InChI=1S/C30H31F7N2O2S/c1-7-21(18-24(8-2)39(14-15-42-6)27(41)22-12-10-9-11-13-22)26(40)38(5)25-19(3)16-23(17-20(25)4)28(31,29(32,33)34)30(35,36)37/h7-13,16-18H,1,14-15H2,2-6H3/b21-18+,24-8+. The number of hydrogen-bond donors (Lipinski definition) is 0. The molecule has 228 valence electrons. The molecule has 42 heavy (non-hydrogen) atoms. The second-order valence-electron chi connectivity index (χ2n) is 9.31. The SMILES string of the molecule is C=C/C(=C\C(=C/C)N(CCSC)C(=O)c1ccccc1)C(=O)N(C)c1c(C)cc(C(F)(C(F)(F)F)C(F)(F)F)cc1C. The first kappa shape index (κ1) is 34.7. The van der Waals surface area contributed by atoms with E-state index in [0.717, 1.165) is 4.90 Å². The number of rotatable bonds is 10. The molecule has 0 unspecified atom stereocenters. The van der Waals surface area contributed by atoms with Crippen LogP contribution < -0.4 is 4.90 Å². The summed E-state index contributed by atoms with van der Waals surface area (Å²) in [6.07, 6.45) is -6.40. The second-order valence-corrected chi connectivity index (χ2v) is 10.3. The van der Waals surface area contributed by atoms with Crippen molar-refractivity contribution in [1.29, 1.82) is 0 Å². The van der Waals surface area contributed by atoms with Crippen LogP contribution in [-0.4, -0.2) is 54.7 Å². The van der Waals surface area contributed by atoms with E-state index in [2.05, 4.69) is 6.58 Å². The van der Waals surface area contributed by atoms with Gasteiger partial charge in [0.1, 0.15) is 0 Å². The molecule has 0 fully saturated rings. The highest BCUT2D eigenvalue weighted by Crippen LogP contribution is 2.54. The number of thioether (sulfide) groups is 1. The fourth-order valence-electron chi connectivity index (χ4n) is 4.42. The van der Waals surface area contributed by atoms with Gasteiger partial charge in [-0.1, -0.05) is 49.1 Å². The summed E-state index contributed by atoms with van der Waals surface area (Å²) in [5, 5.41) is 0. The highest BCUT2D eigenvalue weighted by Gasteiger charge is 2.73. The number of carbonyl (C=O) groups is 2. The summed E-state index contributed by atoms with van der Waals surface area (Å²) in [5.41, 5.74) is -6.84. The molecule has 2 aromatic rings. The van der Waals surface area contributed by atoms with E-state index in [0.29, 0.717) is 35.7 Å². The van der Waals surface area contributed by atoms with Crippen LogP contribution in [0.4, 0.5) is 36.4 Å². The Balaban J connectivity index is 2.55. The first-order chi connectivity index (χ1) is 19.5. The van der Waals surface area contributed by atoms with Gasteiger partial charge in [-0.15, -0.1) is 0 Å². The first-order valence-corrected chi connectivity index (χ1v) is 13.9. The summed E-state index contributed by atoms with van der Waals surface area (Å²) in [6.45, 7) is 8.00. The molecule has 4 nitrogen and oxygen atoms in total. The smallest absolute Gasteiger partial charge is 0.311 e. The molecule has 0 aliphatic heterocycles. The molecule has 0 radical (unpaired) electrons. The Morgan fingerprint density at radius 1 is 0.952 bits per heavy atom. The molecule has 0 heterocycles. The number of benzene rings is 2. The summed E-state index contributed by atoms with van der Waals surface area (Å²) in [6, 6.07) is 9.36. The topological polar surface area (TPSA) is 40.6 Å². The summed E-state index contributed by atoms with van der Waals surface area (Å²) >= 11 is 1.51. The lowest BCUT2D eigenvalue weighted by atomic mass is 9.90. The molecule has 2 amide bonds. The van der Waals surface area contributed by atoms with Crippen molar-refractivity contribution in [1.82, 2.24) is 4.90 Å². The zero-order valence-corrected chi connectivity index (χ0v) is 24.5. The van der Waals surface area contributed by atoms with Crippen molar-refractivity contribution in [3.63, 3.8) is 0 Å². The van der Waals surface area contributed by atoms with Gasteiger partial charge in [-0.3, -0.25) is 9.59 Å². The summed E-state index contributed by atoms with van der Waals surface area (Å²) in [4.78, 5) is 29.4. The predicted octanol–water partition coefficient (Wildman–Crippen LogP) is 8.08. The lowest BCUT2D eigenvalue weighted by Gasteiger charge is -2.32. The number of nitrogens with zero attached hydrogens (tertiary/aromatic N) is 2. The van der Waals surface area contributed by atoms with Gasteiger partial charge in [-0.2, -0.15) is 38.1 Å². The minimum atomic E-state index is -6.27. The number of amides is 2. The minimum Gasteiger partial charge on any atom is -0.311 e. The van der Waals surface area contributed by atoms with Gasteiger partial charge in [0.2, 0.25) is 0 Å². The minimum absolute atomic E-state index is 0.00564. The largest absolute Gasteiger partial charge is 0.435 e. The lowest BCUT2D eigenvalue weighted by Crippen LogP contribution is -2.50. The summed E-state index contributed by atoms with van der Waals surface area (Å²) in [7, 11) is 1.28. The van der Waals surface area contributed by atoms with Gasteiger partial charge >= 0.3 is 18.0 Å². The van der Waals surface area contributed by atoms with Crippen LogP contribution in [0, 0.1) is 13.8 Å². The van der Waals surface area contributed by atoms with Crippen LogP contribution in [0.3, 0.4) is 0 Å². The van der Waals surface area contributed by atoms with E-state index in [9.17, 15) is 40.3 Å². The molecule has 0 saturated heterocycles. The van der Waals surface area contributed by atoms with Crippen molar-refractivity contribution in [3.8, 4) is 0 Å². The van der Waals surface area contributed by atoms with Gasteiger partial charge in [-0.25, -0.2) is 4.39 Å². The average Bonchev–Trinajstić information content (AvgIpc) is 2.92. The van der Waals surface area contributed by atoms with E-state index in [1.807, 2.05) is 6.26 Å². The van der Waals surface area contributed by atoms with Crippen molar-refractivity contribution < 1.29 is 40.3 Å². The van der Waals surface area contributed by atoms with Crippen LogP contribution in [-0.2, 0) is 10.5 Å². The number of alkyl halides is 7. The van der Waals surface area contributed by atoms with E-state index in [1.54, 1.807) is 43.3 Å². The number of likely N-dealkylation sites (N-methyl/N-ethyl adjacent to an activating group) is 1. The third-order valence-corrected chi connectivity index (χ3v) is 7.06. The van der Waals surface area contributed by atoms with Gasteiger partial charge in [-0.05, 0) is 56.4 Å². The molecule has 2 aromatic carbocycles. The van der Waals surface area contributed by atoms with Gasteiger partial charge in [0.05, 0.1) is 0 Å². The van der Waals surface area contributed by atoms with Gasteiger partial charge in [0.15, 0.2) is 0 Å². The van der Waals surface area contributed by atoms with E-state index >= 15 is 0 Å². The average molecular weight is 617 g/mol. The lowest BCUT2D eigenvalue weighted by molar-refractivity contribution is -0.348. The molecule has 12 heteroatoms. The number of halogens is 7. The van der Waals surface area contributed by atoms with Crippen molar-refractivity contribution in [2.75, 3.05) is 30.5 Å². The molecule has 0 atom stereocenters. The number of carbonyl (C=O) groups excluding carboxylic acids is 2. The molecule has 0 aliphatic rings. The van der Waals surface area contributed by atoms with Crippen LogP contribution in [0.1, 0.15) is 34.0 Å². The van der Waals surface area contributed by atoms with Gasteiger partial charge in [0, 0.05) is 47.4 Å². The van der Waals surface area contributed by atoms with Crippen LogP contribution >= 0.6 is 11.8 Å². The highest BCUT2D eigenvalue weighted by atomic mass is 32.2. The normalized spacial score (nSPS) is 13.1. The maximum Gasteiger partial charge on any atom is 0.435 e. The Bertz CT molecular complexity index is 1330. The maximum absolute atomic E-state index is 14.7. The molecule has 0 N–H and O–H groups in total. The highest BCUT2D eigenvalue weighted by molar-refractivity contribution is 7.98. The molecule has 0 aliphatic carbocycles. The van der Waals surface area contributed by atoms with Gasteiger partial charge < -0.3 is 9.80 Å². The van der Waals surface area contributed by atoms with E-state index in [-0.39, 0.29) is 28.3 Å². The molecule has 0 bridgehead atoms. The molecule has 0 spiro atoms. The molecule has 2 rings (SSSR count). The van der Waals surface area contributed by atoms with Crippen molar-refractivity contribution in [3.05, 3.63) is 101 Å². The number of allylic oxidation sites excluding steroid dienone is 2. The van der Waals surface area contributed by atoms with Crippen LogP contribution in [0.2, 0.25) is 0 Å². The van der Waals surface area contributed by atoms with E-state index in [4.69, 9.17) is 0 Å². The first-order valence-electron chi connectivity index (χ1n) is 12.5. The van der Waals surface area contributed by atoms with Crippen molar-refractivity contribution in [2.24, 2.45) is 0 Å². The van der Waals surface area contributed by atoms with E-state index in [1.165, 1.54) is 49.7 Å². The summed E-state index contributed by atoms with van der Waals surface area (Å²) in [5.74, 6) is -0.444. The zero-order valence-electron chi connectivity index (χ0n) is 23.7. The van der Waals surface area contributed by atoms with Crippen molar-refractivity contribution >= 4 is 29.3 Å². The number of anilines is 1. The Hall–Kier alpha value is -3.54. The fourth-order valence-corrected chi connectivity index (χ4v) is 4.78. The molecular formula is C30H31F7N2O2S. The van der Waals surface area contributed by atoms with E-state index < -0.39 is 29.5 Å². The molecule has 0 aromatic heterocycles. The van der Waals surface area contributed by atoms with Gasteiger partial charge in [0.25, 0.3) is 11.8 Å². The third kappa shape index (κ3) is 7.08. The van der Waals surface area contributed by atoms with Crippen LogP contribution in [0.5, 0.6) is 0 Å². The Labute approximate surface area is 244 Å². The second kappa shape index (κ2) is 13.6. The molecule has 0 saturated carbocycles. The Morgan fingerprint density at radius 2 is 1.48 bits per heavy atom. The summed E-state index contributed by atoms with van der Waals surface area (Å²) < 4.78 is 94.7. The number of aryl methyl sites for hydroxylation is 2. The van der Waals surface area contributed by atoms with Crippen molar-refractivity contribution in [2.45, 2.75) is 38.8 Å².